The maximum absolute atomic E-state index is 13.4. The van der Waals surface area contributed by atoms with Gasteiger partial charge in [0.2, 0.25) is 0 Å². The van der Waals surface area contributed by atoms with E-state index in [0.29, 0.717) is 23.3 Å². The number of amides is 1. The van der Waals surface area contributed by atoms with Gasteiger partial charge < -0.3 is 10.4 Å². The minimum absolute atomic E-state index is 0.159. The maximum atomic E-state index is 13.4. The van der Waals surface area contributed by atoms with Crippen LogP contribution in [-0.2, 0) is 12.4 Å². The number of aromatic carboxylic acids is 1. The molecule has 4 nitrogen and oxygen atoms in total. The van der Waals surface area contributed by atoms with E-state index in [2.05, 4.69) is 5.32 Å². The molecule has 166 valence electrons. The van der Waals surface area contributed by atoms with Crippen LogP contribution in [0.1, 0.15) is 31.8 Å². The SMILES string of the molecule is O=C(O)c1ccc(-c2ccccc2)cc1NC(=O)c1ccc(C(F)(F)F)cc1C(F)(F)F. The topological polar surface area (TPSA) is 66.4 Å². The molecule has 0 aliphatic carbocycles. The summed E-state index contributed by atoms with van der Waals surface area (Å²) in [4.78, 5) is 24.1. The predicted molar refractivity (Wildman–Crippen MR) is 103 cm³/mol. The Kier molecular flexibility index (Phi) is 5.98. The van der Waals surface area contributed by atoms with Crippen molar-refractivity contribution in [3.63, 3.8) is 0 Å². The minimum atomic E-state index is -5.25. The Bertz CT molecular complexity index is 1170. The van der Waals surface area contributed by atoms with Crippen LogP contribution in [0.5, 0.6) is 0 Å². The molecule has 0 aromatic heterocycles. The summed E-state index contributed by atoms with van der Waals surface area (Å²) in [6.45, 7) is 0. The number of nitrogens with one attached hydrogen (secondary N) is 1. The number of carboxylic acids is 1. The summed E-state index contributed by atoms with van der Waals surface area (Å²) in [6, 6.07) is 13.0. The van der Waals surface area contributed by atoms with Crippen LogP contribution in [0.3, 0.4) is 0 Å². The molecule has 0 radical (unpaired) electrons. The van der Waals surface area contributed by atoms with Crippen molar-refractivity contribution < 1.29 is 41.0 Å². The molecule has 0 aliphatic rings. The van der Waals surface area contributed by atoms with E-state index in [1.54, 1.807) is 30.3 Å². The van der Waals surface area contributed by atoms with E-state index < -0.39 is 46.5 Å². The van der Waals surface area contributed by atoms with Gasteiger partial charge in [0.25, 0.3) is 5.91 Å². The minimum Gasteiger partial charge on any atom is -0.478 e. The van der Waals surface area contributed by atoms with Crippen molar-refractivity contribution >= 4 is 17.6 Å². The van der Waals surface area contributed by atoms with Crippen LogP contribution in [0.4, 0.5) is 32.0 Å². The molecule has 3 aromatic rings. The molecule has 3 aromatic carbocycles. The van der Waals surface area contributed by atoms with Crippen LogP contribution in [-0.4, -0.2) is 17.0 Å². The number of rotatable bonds is 4. The van der Waals surface area contributed by atoms with Gasteiger partial charge in [0, 0.05) is 0 Å². The first kappa shape index (κ1) is 22.9. The molecule has 0 unspecified atom stereocenters. The van der Waals surface area contributed by atoms with E-state index in [0.717, 1.165) is 6.07 Å². The Hall–Kier alpha value is -3.82. The van der Waals surface area contributed by atoms with Gasteiger partial charge in [-0.1, -0.05) is 36.4 Å². The smallest absolute Gasteiger partial charge is 0.417 e. The Morgan fingerprint density at radius 2 is 1.34 bits per heavy atom. The summed E-state index contributed by atoms with van der Waals surface area (Å²) in [5.41, 5.74) is -4.04. The molecule has 2 N–H and O–H groups in total. The van der Waals surface area contributed by atoms with Crippen LogP contribution < -0.4 is 5.32 Å². The van der Waals surface area contributed by atoms with Gasteiger partial charge in [-0.15, -0.1) is 0 Å². The van der Waals surface area contributed by atoms with E-state index in [1.165, 1.54) is 12.1 Å². The third kappa shape index (κ3) is 4.90. The molecular formula is C22H13F6NO3. The lowest BCUT2D eigenvalue weighted by atomic mass is 10.0. The van der Waals surface area contributed by atoms with Crippen LogP contribution >= 0.6 is 0 Å². The highest BCUT2D eigenvalue weighted by Gasteiger charge is 2.39. The fourth-order valence-electron chi connectivity index (χ4n) is 2.99. The molecule has 0 heterocycles. The van der Waals surface area contributed by atoms with E-state index in [-0.39, 0.29) is 11.8 Å². The molecule has 0 bridgehead atoms. The predicted octanol–water partition coefficient (Wildman–Crippen LogP) is 6.34. The number of carbonyl (C=O) groups is 2. The highest BCUT2D eigenvalue weighted by molar-refractivity contribution is 6.09. The number of halogens is 6. The highest BCUT2D eigenvalue weighted by Crippen LogP contribution is 2.38. The second kappa shape index (κ2) is 8.37. The van der Waals surface area contributed by atoms with Crippen LogP contribution in [0, 0.1) is 0 Å². The van der Waals surface area contributed by atoms with Crippen molar-refractivity contribution in [1.82, 2.24) is 0 Å². The average molecular weight is 453 g/mol. The Labute approximate surface area is 177 Å². The Morgan fingerprint density at radius 3 is 1.91 bits per heavy atom. The third-order valence-corrected chi connectivity index (χ3v) is 4.50. The average Bonchev–Trinajstić information content (AvgIpc) is 2.72. The number of anilines is 1. The van der Waals surface area contributed by atoms with Gasteiger partial charge in [0.15, 0.2) is 0 Å². The molecule has 32 heavy (non-hydrogen) atoms. The van der Waals surface area contributed by atoms with Gasteiger partial charge in [-0.3, -0.25) is 4.79 Å². The van der Waals surface area contributed by atoms with E-state index >= 15 is 0 Å². The summed E-state index contributed by atoms with van der Waals surface area (Å²) in [5, 5.41) is 11.5. The van der Waals surface area contributed by atoms with E-state index in [1.807, 2.05) is 0 Å². The second-order valence-electron chi connectivity index (χ2n) is 6.64. The Balaban J connectivity index is 2.06. The Morgan fingerprint density at radius 1 is 0.719 bits per heavy atom. The molecular weight excluding hydrogens is 440 g/mol. The van der Waals surface area contributed by atoms with Crippen molar-refractivity contribution in [2.75, 3.05) is 5.32 Å². The first-order chi connectivity index (χ1) is 14.9. The van der Waals surface area contributed by atoms with Crippen LogP contribution in [0.2, 0.25) is 0 Å². The number of hydrogen-bond acceptors (Lipinski definition) is 2. The molecule has 10 heteroatoms. The summed E-state index contributed by atoms with van der Waals surface area (Å²) in [6.07, 6.45) is -10.3. The molecule has 0 spiro atoms. The standard InChI is InChI=1S/C22H13F6NO3/c23-21(24,25)14-7-9-15(17(11-14)22(26,27)28)19(30)29-18-10-13(6-8-16(18)20(31)32)12-4-2-1-3-5-12/h1-11H,(H,29,30)(H,31,32). The molecule has 0 saturated heterocycles. The van der Waals surface area contributed by atoms with Gasteiger partial charge in [-0.25, -0.2) is 4.79 Å². The van der Waals surface area contributed by atoms with Crippen molar-refractivity contribution in [3.8, 4) is 11.1 Å². The van der Waals surface area contributed by atoms with Gasteiger partial charge >= 0.3 is 18.3 Å². The van der Waals surface area contributed by atoms with Crippen LogP contribution in [0.25, 0.3) is 11.1 Å². The lowest BCUT2D eigenvalue weighted by Crippen LogP contribution is -2.21. The van der Waals surface area contributed by atoms with Gasteiger partial charge in [0.05, 0.1) is 27.9 Å². The number of alkyl halides is 6. The van der Waals surface area contributed by atoms with Crippen molar-refractivity contribution in [2.24, 2.45) is 0 Å². The fraction of sp³-hybridized carbons (Fsp3) is 0.0909. The summed E-state index contributed by atoms with van der Waals surface area (Å²) < 4.78 is 78.7. The second-order valence-corrected chi connectivity index (χ2v) is 6.64. The van der Waals surface area contributed by atoms with E-state index in [9.17, 15) is 41.0 Å². The zero-order valence-corrected chi connectivity index (χ0v) is 15.9. The maximum Gasteiger partial charge on any atom is 0.417 e. The zero-order chi connectivity index (χ0) is 23.7. The lowest BCUT2D eigenvalue weighted by molar-refractivity contribution is -0.143. The molecule has 0 aliphatic heterocycles. The van der Waals surface area contributed by atoms with E-state index in [4.69, 9.17) is 0 Å². The van der Waals surface area contributed by atoms with Gasteiger partial charge in [0.1, 0.15) is 0 Å². The molecule has 0 atom stereocenters. The first-order valence-corrected chi connectivity index (χ1v) is 8.90. The summed E-state index contributed by atoms with van der Waals surface area (Å²) in [7, 11) is 0. The number of carbonyl (C=O) groups excluding carboxylic acids is 1. The van der Waals surface area contributed by atoms with Crippen molar-refractivity contribution in [3.05, 3.63) is 89.0 Å². The van der Waals surface area contributed by atoms with Gasteiger partial charge in [-0.2, -0.15) is 26.3 Å². The third-order valence-electron chi connectivity index (χ3n) is 4.50. The molecule has 3 rings (SSSR count). The van der Waals surface area contributed by atoms with Crippen LogP contribution in [0.15, 0.2) is 66.7 Å². The number of benzene rings is 3. The van der Waals surface area contributed by atoms with Gasteiger partial charge in [-0.05, 0) is 41.5 Å². The first-order valence-electron chi connectivity index (χ1n) is 8.90. The van der Waals surface area contributed by atoms with Crippen molar-refractivity contribution in [2.45, 2.75) is 12.4 Å². The molecule has 0 saturated carbocycles. The summed E-state index contributed by atoms with van der Waals surface area (Å²) >= 11 is 0. The molecule has 0 fully saturated rings. The lowest BCUT2D eigenvalue weighted by Gasteiger charge is -2.17. The number of hydrogen-bond donors (Lipinski definition) is 2. The largest absolute Gasteiger partial charge is 0.478 e. The molecule has 1 amide bonds. The fourth-order valence-corrected chi connectivity index (χ4v) is 2.99. The normalized spacial score (nSPS) is 11.8. The number of carboxylic acid groups (broad SMARTS) is 1. The summed E-state index contributed by atoms with van der Waals surface area (Å²) in [5.74, 6) is -2.86. The van der Waals surface area contributed by atoms with Crippen molar-refractivity contribution in [1.29, 1.82) is 0 Å². The highest BCUT2D eigenvalue weighted by atomic mass is 19.4. The quantitative estimate of drug-likeness (QED) is 0.453. The monoisotopic (exact) mass is 453 g/mol. The zero-order valence-electron chi connectivity index (χ0n) is 15.9.